The van der Waals surface area contributed by atoms with Gasteiger partial charge in [0.1, 0.15) is 16.3 Å². The summed E-state index contributed by atoms with van der Waals surface area (Å²) >= 11 is 8.15. The quantitative estimate of drug-likeness (QED) is 0.182. The SMILES string of the molecule is O=c1c2sc(=S)n(Cc3ccco3)c2nc(SCc2cccnc2)n1-c1ccc(F)cc1. The third-order valence-electron chi connectivity index (χ3n) is 4.73. The first-order chi connectivity index (χ1) is 15.6. The van der Waals surface area contributed by atoms with Gasteiger partial charge >= 0.3 is 0 Å². The average molecular weight is 483 g/mol. The van der Waals surface area contributed by atoms with Gasteiger partial charge in [-0.1, -0.05) is 29.2 Å². The number of fused-ring (bicyclic) bond motifs is 1. The molecule has 5 rings (SSSR count). The van der Waals surface area contributed by atoms with Crippen LogP contribution in [0.25, 0.3) is 16.0 Å². The van der Waals surface area contributed by atoms with E-state index in [9.17, 15) is 9.18 Å². The number of thioether (sulfide) groups is 1. The first kappa shape index (κ1) is 20.8. The lowest BCUT2D eigenvalue weighted by Gasteiger charge is -2.13. The van der Waals surface area contributed by atoms with Crippen LogP contribution in [-0.4, -0.2) is 19.1 Å². The number of halogens is 1. The van der Waals surface area contributed by atoms with E-state index in [1.54, 1.807) is 41.4 Å². The Morgan fingerprint density at radius 1 is 1.16 bits per heavy atom. The summed E-state index contributed by atoms with van der Waals surface area (Å²) in [5.41, 5.74) is 1.80. The molecule has 0 atom stereocenters. The summed E-state index contributed by atoms with van der Waals surface area (Å²) in [5.74, 6) is 0.909. The summed E-state index contributed by atoms with van der Waals surface area (Å²) in [6.07, 6.45) is 5.08. The molecule has 4 heterocycles. The first-order valence-corrected chi connectivity index (χ1v) is 11.8. The summed E-state index contributed by atoms with van der Waals surface area (Å²) < 4.78 is 23.3. The van der Waals surface area contributed by atoms with E-state index in [0.29, 0.717) is 37.4 Å². The molecule has 0 saturated heterocycles. The van der Waals surface area contributed by atoms with Crippen LogP contribution in [0.15, 0.2) is 81.6 Å². The fourth-order valence-electron chi connectivity index (χ4n) is 3.22. The van der Waals surface area contributed by atoms with Crippen molar-refractivity contribution in [3.8, 4) is 5.69 Å². The van der Waals surface area contributed by atoms with Gasteiger partial charge in [-0.2, -0.15) is 0 Å². The van der Waals surface area contributed by atoms with Gasteiger partial charge in [0, 0.05) is 18.1 Å². The van der Waals surface area contributed by atoms with Crippen LogP contribution in [0.5, 0.6) is 0 Å². The number of pyridine rings is 1. The summed E-state index contributed by atoms with van der Waals surface area (Å²) in [4.78, 5) is 22.5. The second kappa shape index (κ2) is 8.81. The largest absolute Gasteiger partial charge is 0.467 e. The van der Waals surface area contributed by atoms with Crippen LogP contribution in [0.2, 0.25) is 0 Å². The highest BCUT2D eigenvalue weighted by atomic mass is 32.2. The van der Waals surface area contributed by atoms with E-state index in [2.05, 4.69) is 4.98 Å². The number of benzene rings is 1. The lowest BCUT2D eigenvalue weighted by atomic mass is 10.3. The van der Waals surface area contributed by atoms with Crippen LogP contribution < -0.4 is 5.56 Å². The van der Waals surface area contributed by atoms with Gasteiger partial charge in [-0.25, -0.2) is 9.37 Å². The molecule has 0 spiro atoms. The molecule has 0 N–H and O–H groups in total. The Kier molecular flexibility index (Phi) is 5.73. The second-order valence-electron chi connectivity index (χ2n) is 6.85. The Bertz CT molecular complexity index is 1490. The lowest BCUT2D eigenvalue weighted by Crippen LogP contribution is -2.21. The summed E-state index contributed by atoms with van der Waals surface area (Å²) in [6, 6.07) is 13.3. The van der Waals surface area contributed by atoms with Gasteiger partial charge in [-0.15, -0.1) is 0 Å². The third kappa shape index (κ3) is 4.04. The molecule has 0 saturated carbocycles. The standard InChI is InChI=1S/C22H15FN4O2S3/c23-15-5-7-16(8-6-15)27-20(28)18-19(25-21(27)31-13-14-3-1-9-24-11-14)26(22(30)32-18)12-17-4-2-10-29-17/h1-11H,12-13H2. The molecular weight excluding hydrogens is 467 g/mol. The molecule has 0 radical (unpaired) electrons. The van der Waals surface area contributed by atoms with Crippen LogP contribution in [0, 0.1) is 9.77 Å². The summed E-state index contributed by atoms with van der Waals surface area (Å²) in [7, 11) is 0. The molecule has 6 nitrogen and oxygen atoms in total. The smallest absolute Gasteiger partial charge is 0.278 e. The molecule has 10 heteroatoms. The zero-order valence-electron chi connectivity index (χ0n) is 16.5. The maximum Gasteiger partial charge on any atom is 0.278 e. The Morgan fingerprint density at radius 2 is 2.00 bits per heavy atom. The summed E-state index contributed by atoms with van der Waals surface area (Å²) in [5, 5.41) is 0.485. The van der Waals surface area contributed by atoms with Crippen molar-refractivity contribution in [2.75, 3.05) is 0 Å². The van der Waals surface area contributed by atoms with E-state index in [0.717, 1.165) is 11.3 Å². The van der Waals surface area contributed by atoms with E-state index in [1.165, 1.54) is 39.8 Å². The molecule has 0 fully saturated rings. The molecule has 0 aliphatic carbocycles. The van der Waals surface area contributed by atoms with Crippen molar-refractivity contribution in [3.63, 3.8) is 0 Å². The zero-order valence-corrected chi connectivity index (χ0v) is 18.9. The number of hydrogen-bond donors (Lipinski definition) is 0. The second-order valence-corrected chi connectivity index (χ2v) is 9.43. The van der Waals surface area contributed by atoms with Gasteiger partial charge in [0.25, 0.3) is 5.56 Å². The number of aromatic nitrogens is 4. The predicted octanol–water partition coefficient (Wildman–Crippen LogP) is 5.45. The van der Waals surface area contributed by atoms with Crippen molar-refractivity contribution in [2.45, 2.75) is 17.5 Å². The predicted molar refractivity (Wildman–Crippen MR) is 126 cm³/mol. The molecule has 0 unspecified atom stereocenters. The minimum Gasteiger partial charge on any atom is -0.467 e. The Hall–Kier alpha value is -3.08. The molecule has 0 amide bonds. The van der Waals surface area contributed by atoms with Gasteiger partial charge in [0.05, 0.1) is 18.5 Å². The van der Waals surface area contributed by atoms with E-state index < -0.39 is 0 Å². The van der Waals surface area contributed by atoms with E-state index >= 15 is 0 Å². The van der Waals surface area contributed by atoms with Crippen LogP contribution >= 0.6 is 35.3 Å². The molecule has 160 valence electrons. The van der Waals surface area contributed by atoms with Crippen molar-refractivity contribution < 1.29 is 8.81 Å². The fourth-order valence-corrected chi connectivity index (χ4v) is 5.42. The highest BCUT2D eigenvalue weighted by Crippen LogP contribution is 2.27. The Balaban J connectivity index is 1.67. The van der Waals surface area contributed by atoms with Crippen LogP contribution in [0.3, 0.4) is 0 Å². The summed E-state index contributed by atoms with van der Waals surface area (Å²) in [6.45, 7) is 0.381. The van der Waals surface area contributed by atoms with Crippen molar-refractivity contribution in [3.05, 3.63) is 98.6 Å². The van der Waals surface area contributed by atoms with Crippen molar-refractivity contribution >= 4 is 45.7 Å². The normalized spacial score (nSPS) is 11.3. The monoisotopic (exact) mass is 482 g/mol. The van der Waals surface area contributed by atoms with Crippen LogP contribution in [0.4, 0.5) is 4.39 Å². The van der Waals surface area contributed by atoms with E-state index in [-0.39, 0.29) is 11.4 Å². The number of furan rings is 1. The van der Waals surface area contributed by atoms with Gasteiger partial charge in [0.15, 0.2) is 14.8 Å². The van der Waals surface area contributed by atoms with Crippen LogP contribution in [0.1, 0.15) is 11.3 Å². The number of hydrogen-bond acceptors (Lipinski definition) is 7. The highest BCUT2D eigenvalue weighted by molar-refractivity contribution is 7.98. The minimum atomic E-state index is -0.374. The van der Waals surface area contributed by atoms with Crippen molar-refractivity contribution in [1.29, 1.82) is 0 Å². The maximum atomic E-state index is 13.5. The first-order valence-electron chi connectivity index (χ1n) is 9.56. The Labute approximate surface area is 195 Å². The average Bonchev–Trinajstić information content (AvgIpc) is 3.43. The number of rotatable bonds is 6. The van der Waals surface area contributed by atoms with Crippen molar-refractivity contribution in [2.24, 2.45) is 0 Å². The van der Waals surface area contributed by atoms with Crippen molar-refractivity contribution in [1.82, 2.24) is 19.1 Å². The third-order valence-corrected chi connectivity index (χ3v) is 7.16. The van der Waals surface area contributed by atoms with Gasteiger partial charge in [-0.3, -0.25) is 18.9 Å². The van der Waals surface area contributed by atoms with E-state index in [4.69, 9.17) is 21.6 Å². The van der Waals surface area contributed by atoms with Gasteiger partial charge in [-0.05, 0) is 60.2 Å². The van der Waals surface area contributed by atoms with Crippen LogP contribution in [-0.2, 0) is 12.3 Å². The maximum absolute atomic E-state index is 13.5. The molecule has 0 aliphatic rings. The molecule has 5 aromatic rings. The Morgan fingerprint density at radius 3 is 2.72 bits per heavy atom. The number of nitrogens with zero attached hydrogens (tertiary/aromatic N) is 4. The van der Waals surface area contributed by atoms with E-state index in [1.807, 2.05) is 18.2 Å². The molecule has 32 heavy (non-hydrogen) atoms. The molecular formula is C22H15FN4O2S3. The minimum absolute atomic E-state index is 0.246. The molecule has 1 aromatic carbocycles. The number of thiazole rings is 1. The molecule has 0 bridgehead atoms. The van der Waals surface area contributed by atoms with Gasteiger partial charge in [0.2, 0.25) is 0 Å². The lowest BCUT2D eigenvalue weighted by molar-refractivity contribution is 0.495. The fraction of sp³-hybridized carbons (Fsp3) is 0.0909. The highest BCUT2D eigenvalue weighted by Gasteiger charge is 2.19. The molecule has 0 aliphatic heterocycles. The molecule has 4 aromatic heterocycles. The van der Waals surface area contributed by atoms with Gasteiger partial charge < -0.3 is 4.42 Å². The topological polar surface area (TPSA) is 65.8 Å². The zero-order chi connectivity index (χ0) is 22.1.